The van der Waals surface area contributed by atoms with E-state index in [9.17, 15) is 5.11 Å². The van der Waals surface area contributed by atoms with Gasteiger partial charge in [0.1, 0.15) is 0 Å². The van der Waals surface area contributed by atoms with Crippen molar-refractivity contribution in [3.8, 4) is 0 Å². The quantitative estimate of drug-likeness (QED) is 0.838. The number of aliphatic hydroxyl groups is 1. The fraction of sp³-hybridized carbons (Fsp3) is 0.625. The molecule has 2 rings (SSSR count). The third-order valence-electron chi connectivity index (χ3n) is 3.85. The first-order valence-corrected chi connectivity index (χ1v) is 7.27. The zero-order valence-corrected chi connectivity index (χ0v) is 11.4. The summed E-state index contributed by atoms with van der Waals surface area (Å²) in [5, 5.41) is 13.1. The minimum atomic E-state index is -0.0589. The van der Waals surface area contributed by atoms with Gasteiger partial charge in [0, 0.05) is 12.6 Å². The SMILES string of the molecule is CCCc1ccc(CNC2CCC(O)CC2)cc1. The first kappa shape index (κ1) is 13.6. The summed E-state index contributed by atoms with van der Waals surface area (Å²) in [7, 11) is 0. The van der Waals surface area contributed by atoms with E-state index in [2.05, 4.69) is 36.5 Å². The highest BCUT2D eigenvalue weighted by molar-refractivity contribution is 5.22. The fourth-order valence-electron chi connectivity index (χ4n) is 2.65. The third-order valence-corrected chi connectivity index (χ3v) is 3.85. The van der Waals surface area contributed by atoms with Crippen LogP contribution in [0.25, 0.3) is 0 Å². The van der Waals surface area contributed by atoms with E-state index in [1.807, 2.05) is 0 Å². The Morgan fingerprint density at radius 1 is 1.06 bits per heavy atom. The molecule has 1 aromatic rings. The lowest BCUT2D eigenvalue weighted by Gasteiger charge is -2.26. The average molecular weight is 247 g/mol. The third kappa shape index (κ3) is 4.11. The Labute approximate surface area is 110 Å². The molecule has 1 saturated carbocycles. The Balaban J connectivity index is 1.76. The van der Waals surface area contributed by atoms with Crippen molar-refractivity contribution in [2.45, 2.75) is 64.1 Å². The van der Waals surface area contributed by atoms with E-state index in [0.29, 0.717) is 6.04 Å². The number of nitrogens with one attached hydrogen (secondary N) is 1. The molecule has 100 valence electrons. The molecule has 18 heavy (non-hydrogen) atoms. The fourth-order valence-corrected chi connectivity index (χ4v) is 2.65. The van der Waals surface area contributed by atoms with Crippen LogP contribution in [0.2, 0.25) is 0 Å². The van der Waals surface area contributed by atoms with Gasteiger partial charge in [-0.3, -0.25) is 0 Å². The van der Waals surface area contributed by atoms with Crippen LogP contribution in [0.15, 0.2) is 24.3 Å². The van der Waals surface area contributed by atoms with Crippen molar-refractivity contribution in [2.24, 2.45) is 0 Å². The van der Waals surface area contributed by atoms with Crippen molar-refractivity contribution in [3.63, 3.8) is 0 Å². The second-order valence-corrected chi connectivity index (χ2v) is 5.45. The van der Waals surface area contributed by atoms with Crippen LogP contribution < -0.4 is 5.32 Å². The Kier molecular flexibility index (Phi) is 5.21. The van der Waals surface area contributed by atoms with E-state index in [1.54, 1.807) is 0 Å². The van der Waals surface area contributed by atoms with E-state index in [-0.39, 0.29) is 6.10 Å². The summed E-state index contributed by atoms with van der Waals surface area (Å²) in [5.74, 6) is 0. The monoisotopic (exact) mass is 247 g/mol. The second kappa shape index (κ2) is 6.91. The zero-order chi connectivity index (χ0) is 12.8. The van der Waals surface area contributed by atoms with Gasteiger partial charge in [-0.15, -0.1) is 0 Å². The summed E-state index contributed by atoms with van der Waals surface area (Å²) < 4.78 is 0. The molecule has 0 saturated heterocycles. The van der Waals surface area contributed by atoms with Gasteiger partial charge >= 0.3 is 0 Å². The van der Waals surface area contributed by atoms with Crippen molar-refractivity contribution in [1.82, 2.24) is 5.32 Å². The van der Waals surface area contributed by atoms with Gasteiger partial charge in [0.25, 0.3) is 0 Å². The second-order valence-electron chi connectivity index (χ2n) is 5.45. The first-order chi connectivity index (χ1) is 8.78. The van der Waals surface area contributed by atoms with E-state index in [1.165, 1.54) is 24.0 Å². The maximum absolute atomic E-state index is 9.47. The van der Waals surface area contributed by atoms with Crippen molar-refractivity contribution in [1.29, 1.82) is 0 Å². The Morgan fingerprint density at radius 3 is 2.28 bits per heavy atom. The van der Waals surface area contributed by atoms with Crippen molar-refractivity contribution in [3.05, 3.63) is 35.4 Å². The summed E-state index contributed by atoms with van der Waals surface area (Å²) in [6, 6.07) is 9.53. The molecule has 0 heterocycles. The van der Waals surface area contributed by atoms with Crippen LogP contribution in [-0.4, -0.2) is 17.3 Å². The van der Waals surface area contributed by atoms with Crippen LogP contribution in [0.5, 0.6) is 0 Å². The molecule has 2 nitrogen and oxygen atoms in total. The predicted octanol–water partition coefficient (Wildman–Crippen LogP) is 3.03. The summed E-state index contributed by atoms with van der Waals surface area (Å²) in [6.07, 6.45) is 6.44. The molecule has 1 aliphatic carbocycles. The lowest BCUT2D eigenvalue weighted by Crippen LogP contribution is -2.34. The molecule has 0 amide bonds. The molecule has 0 aliphatic heterocycles. The van der Waals surface area contributed by atoms with Gasteiger partial charge in [0.05, 0.1) is 6.10 Å². The first-order valence-electron chi connectivity index (χ1n) is 7.27. The number of aryl methyl sites for hydroxylation is 1. The average Bonchev–Trinajstić information content (AvgIpc) is 2.40. The van der Waals surface area contributed by atoms with Gasteiger partial charge in [-0.05, 0) is 43.2 Å². The van der Waals surface area contributed by atoms with Crippen LogP contribution in [0, 0.1) is 0 Å². The summed E-state index contributed by atoms with van der Waals surface area (Å²) in [6.45, 7) is 3.17. The maximum Gasteiger partial charge on any atom is 0.0541 e. The highest BCUT2D eigenvalue weighted by Gasteiger charge is 2.18. The Bertz CT molecular complexity index is 339. The van der Waals surface area contributed by atoms with Gasteiger partial charge < -0.3 is 10.4 Å². The summed E-state index contributed by atoms with van der Waals surface area (Å²) in [4.78, 5) is 0. The number of aliphatic hydroxyl groups excluding tert-OH is 1. The molecule has 0 aromatic heterocycles. The maximum atomic E-state index is 9.47. The normalized spacial score (nSPS) is 24.1. The Hall–Kier alpha value is -0.860. The van der Waals surface area contributed by atoms with Gasteiger partial charge in [0.15, 0.2) is 0 Å². The molecule has 1 aliphatic rings. The molecule has 0 atom stereocenters. The molecule has 0 unspecified atom stereocenters. The topological polar surface area (TPSA) is 32.3 Å². The minimum absolute atomic E-state index is 0.0589. The minimum Gasteiger partial charge on any atom is -0.393 e. The molecule has 0 spiro atoms. The van der Waals surface area contributed by atoms with Gasteiger partial charge in [0.2, 0.25) is 0 Å². The number of benzene rings is 1. The van der Waals surface area contributed by atoms with Gasteiger partial charge in [-0.25, -0.2) is 0 Å². The highest BCUT2D eigenvalue weighted by atomic mass is 16.3. The van der Waals surface area contributed by atoms with E-state index in [4.69, 9.17) is 0 Å². The molecule has 1 aromatic carbocycles. The number of hydrogen-bond donors (Lipinski definition) is 2. The largest absolute Gasteiger partial charge is 0.393 e. The van der Waals surface area contributed by atoms with Crippen molar-refractivity contribution in [2.75, 3.05) is 0 Å². The van der Waals surface area contributed by atoms with Gasteiger partial charge in [-0.2, -0.15) is 0 Å². The summed E-state index contributed by atoms with van der Waals surface area (Å²) in [5.41, 5.74) is 2.79. The van der Waals surface area contributed by atoms with Crippen molar-refractivity contribution < 1.29 is 5.11 Å². The van der Waals surface area contributed by atoms with E-state index in [0.717, 1.165) is 32.2 Å². The molecular formula is C16H25NO. The van der Waals surface area contributed by atoms with Crippen LogP contribution in [0.4, 0.5) is 0 Å². The highest BCUT2D eigenvalue weighted by Crippen LogP contribution is 2.18. The molecule has 2 heteroatoms. The molecule has 0 bridgehead atoms. The summed E-state index contributed by atoms with van der Waals surface area (Å²) >= 11 is 0. The zero-order valence-electron chi connectivity index (χ0n) is 11.4. The molecular weight excluding hydrogens is 222 g/mol. The molecule has 1 fully saturated rings. The van der Waals surface area contributed by atoms with Crippen LogP contribution in [-0.2, 0) is 13.0 Å². The van der Waals surface area contributed by atoms with E-state index < -0.39 is 0 Å². The molecule has 0 radical (unpaired) electrons. The van der Waals surface area contributed by atoms with E-state index >= 15 is 0 Å². The Morgan fingerprint density at radius 2 is 1.67 bits per heavy atom. The van der Waals surface area contributed by atoms with Crippen LogP contribution in [0.1, 0.15) is 50.2 Å². The number of hydrogen-bond acceptors (Lipinski definition) is 2. The number of rotatable bonds is 5. The van der Waals surface area contributed by atoms with Gasteiger partial charge in [-0.1, -0.05) is 37.6 Å². The van der Waals surface area contributed by atoms with Crippen LogP contribution in [0.3, 0.4) is 0 Å². The smallest absolute Gasteiger partial charge is 0.0541 e. The lowest BCUT2D eigenvalue weighted by atomic mass is 9.93. The molecule has 2 N–H and O–H groups in total. The lowest BCUT2D eigenvalue weighted by molar-refractivity contribution is 0.116. The standard InChI is InChI=1S/C16H25NO/c1-2-3-13-4-6-14(7-5-13)12-17-15-8-10-16(18)11-9-15/h4-7,15-18H,2-3,8-12H2,1H3. The van der Waals surface area contributed by atoms with Crippen molar-refractivity contribution >= 4 is 0 Å². The van der Waals surface area contributed by atoms with Crippen LogP contribution >= 0.6 is 0 Å². The predicted molar refractivity (Wildman–Crippen MR) is 75.5 cm³/mol.